The summed E-state index contributed by atoms with van der Waals surface area (Å²) in [6.45, 7) is 0.924. The highest BCUT2D eigenvalue weighted by Gasteiger charge is 2.12. The third kappa shape index (κ3) is 6.32. The average Bonchev–Trinajstić information content (AvgIpc) is 3.17. The molecule has 0 N–H and O–H groups in total. The van der Waals surface area contributed by atoms with E-state index in [0.29, 0.717) is 15.3 Å². The van der Waals surface area contributed by atoms with Gasteiger partial charge in [-0.15, -0.1) is 11.8 Å². The van der Waals surface area contributed by atoms with Crippen molar-refractivity contribution < 1.29 is 0 Å². The van der Waals surface area contributed by atoms with Crippen LogP contribution in [0.4, 0.5) is 0 Å². The molecule has 1 aromatic heterocycles. The predicted molar refractivity (Wildman–Crippen MR) is 119 cm³/mol. The van der Waals surface area contributed by atoms with Gasteiger partial charge in [0, 0.05) is 45.0 Å². The van der Waals surface area contributed by atoms with Crippen LogP contribution in [-0.4, -0.2) is 15.3 Å². The van der Waals surface area contributed by atoms with E-state index < -0.39 is 0 Å². The van der Waals surface area contributed by atoms with E-state index in [2.05, 4.69) is 27.8 Å². The van der Waals surface area contributed by atoms with Gasteiger partial charge in [-0.25, -0.2) is 4.98 Å². The molecule has 6 heteroatoms. The van der Waals surface area contributed by atoms with Crippen LogP contribution in [0.5, 0.6) is 0 Å². The molecule has 0 bridgehead atoms. The number of benzene rings is 2. The van der Waals surface area contributed by atoms with Crippen molar-refractivity contribution in [2.75, 3.05) is 5.75 Å². The molecule has 0 spiro atoms. The fourth-order valence-corrected chi connectivity index (χ4v) is 4.35. The van der Waals surface area contributed by atoms with E-state index in [-0.39, 0.29) is 0 Å². The topological polar surface area (TPSA) is 17.8 Å². The van der Waals surface area contributed by atoms with Gasteiger partial charge in [0.05, 0.1) is 6.33 Å². The minimum Gasteiger partial charge on any atom is -0.337 e. The molecule has 3 aromatic rings. The van der Waals surface area contributed by atoms with Crippen LogP contribution in [0.2, 0.25) is 15.1 Å². The van der Waals surface area contributed by atoms with Crippen LogP contribution in [0, 0.1) is 0 Å². The van der Waals surface area contributed by atoms with Gasteiger partial charge in [-0.05, 0) is 41.8 Å². The molecule has 2 aromatic carbocycles. The molecule has 1 heterocycles. The zero-order chi connectivity index (χ0) is 19.1. The van der Waals surface area contributed by atoms with Crippen molar-refractivity contribution in [2.24, 2.45) is 0 Å². The first-order valence-corrected chi connectivity index (χ1v) is 10.7. The molecular weight excluding hydrogens is 419 g/mol. The number of aromatic nitrogens is 2. The second-order valence-electron chi connectivity index (χ2n) is 6.03. The number of rotatable bonds is 8. The molecule has 0 aliphatic rings. The van der Waals surface area contributed by atoms with Crippen LogP contribution in [0.25, 0.3) is 6.08 Å². The van der Waals surface area contributed by atoms with Gasteiger partial charge in [0.15, 0.2) is 0 Å². The second kappa shape index (κ2) is 10.2. The van der Waals surface area contributed by atoms with Gasteiger partial charge >= 0.3 is 0 Å². The van der Waals surface area contributed by atoms with Gasteiger partial charge in [0.1, 0.15) is 0 Å². The van der Waals surface area contributed by atoms with Gasteiger partial charge in [0.25, 0.3) is 0 Å². The Morgan fingerprint density at radius 3 is 2.52 bits per heavy atom. The van der Waals surface area contributed by atoms with Crippen LogP contribution in [-0.2, 0) is 6.54 Å². The quantitative estimate of drug-likeness (QED) is 0.365. The van der Waals surface area contributed by atoms with E-state index in [1.54, 1.807) is 6.07 Å². The highest BCUT2D eigenvalue weighted by Crippen LogP contribution is 2.33. The SMILES string of the molecule is Clc1ccc(C(CCn2ccnc2)SCC=Cc2ccc(Cl)cc2Cl)cc1. The van der Waals surface area contributed by atoms with E-state index in [1.165, 1.54) is 5.56 Å². The molecule has 0 radical (unpaired) electrons. The van der Waals surface area contributed by atoms with Crippen molar-refractivity contribution in [1.29, 1.82) is 0 Å². The first-order valence-electron chi connectivity index (χ1n) is 8.56. The first kappa shape index (κ1) is 20.3. The van der Waals surface area contributed by atoms with Gasteiger partial charge in [0.2, 0.25) is 0 Å². The summed E-state index contributed by atoms with van der Waals surface area (Å²) >= 11 is 20.1. The molecule has 0 amide bonds. The molecule has 2 nitrogen and oxygen atoms in total. The molecule has 0 saturated carbocycles. The molecule has 1 unspecified atom stereocenters. The van der Waals surface area contributed by atoms with Crippen LogP contribution in [0.15, 0.2) is 67.3 Å². The number of thioether (sulfide) groups is 1. The summed E-state index contributed by atoms with van der Waals surface area (Å²) in [5.41, 5.74) is 2.26. The summed E-state index contributed by atoms with van der Waals surface area (Å²) in [6.07, 6.45) is 10.8. The maximum Gasteiger partial charge on any atom is 0.0945 e. The van der Waals surface area contributed by atoms with Crippen molar-refractivity contribution in [3.05, 3.63) is 93.5 Å². The fraction of sp³-hybridized carbons (Fsp3) is 0.190. The summed E-state index contributed by atoms with van der Waals surface area (Å²) in [6, 6.07) is 13.7. The Hall–Kier alpha value is -1.39. The van der Waals surface area contributed by atoms with Gasteiger partial charge in [-0.3, -0.25) is 0 Å². The molecule has 140 valence electrons. The minimum absolute atomic E-state index is 0.370. The Morgan fingerprint density at radius 2 is 1.81 bits per heavy atom. The number of imidazole rings is 1. The molecule has 0 saturated heterocycles. The van der Waals surface area contributed by atoms with Crippen LogP contribution in [0.1, 0.15) is 22.8 Å². The Bertz CT molecular complexity index is 877. The average molecular weight is 438 g/mol. The number of hydrogen-bond donors (Lipinski definition) is 0. The third-order valence-corrected chi connectivity index (χ3v) is 6.21. The molecule has 0 aliphatic heterocycles. The Kier molecular flexibility index (Phi) is 7.71. The molecule has 1 atom stereocenters. The van der Waals surface area contributed by atoms with E-state index in [9.17, 15) is 0 Å². The molecule has 27 heavy (non-hydrogen) atoms. The monoisotopic (exact) mass is 436 g/mol. The third-order valence-electron chi connectivity index (χ3n) is 4.10. The fourth-order valence-electron chi connectivity index (χ4n) is 2.69. The number of aryl methyl sites for hydroxylation is 1. The maximum absolute atomic E-state index is 6.22. The summed E-state index contributed by atoms with van der Waals surface area (Å²) in [7, 11) is 0. The van der Waals surface area contributed by atoms with Gasteiger partial charge < -0.3 is 4.57 Å². The standard InChI is InChI=1S/C21H19Cl3N2S/c22-18-6-4-17(5-7-18)21(9-11-26-12-10-25-15-26)27-13-1-2-16-3-8-19(23)14-20(16)24/h1-8,10,12,14-15,21H,9,11,13H2. The Balaban J connectivity index is 1.63. The van der Waals surface area contributed by atoms with Crippen LogP contribution < -0.4 is 0 Å². The van der Waals surface area contributed by atoms with Crippen LogP contribution >= 0.6 is 46.6 Å². The van der Waals surface area contributed by atoms with Crippen molar-refractivity contribution in [2.45, 2.75) is 18.2 Å². The molecule has 0 aliphatic carbocycles. The van der Waals surface area contributed by atoms with Crippen molar-refractivity contribution in [3.63, 3.8) is 0 Å². The lowest BCUT2D eigenvalue weighted by molar-refractivity contribution is 0.635. The summed E-state index contributed by atoms with van der Waals surface area (Å²) in [5, 5.41) is 2.44. The van der Waals surface area contributed by atoms with Crippen molar-refractivity contribution >= 4 is 52.6 Å². The van der Waals surface area contributed by atoms with Crippen molar-refractivity contribution in [3.8, 4) is 0 Å². The smallest absolute Gasteiger partial charge is 0.0945 e. The number of hydrogen-bond acceptors (Lipinski definition) is 2. The first-order chi connectivity index (χ1) is 13.1. The van der Waals surface area contributed by atoms with Gasteiger partial charge in [-0.1, -0.05) is 65.2 Å². The summed E-state index contributed by atoms with van der Waals surface area (Å²) < 4.78 is 2.10. The van der Waals surface area contributed by atoms with E-state index in [1.807, 2.05) is 60.8 Å². The second-order valence-corrected chi connectivity index (χ2v) is 8.55. The van der Waals surface area contributed by atoms with E-state index >= 15 is 0 Å². The predicted octanol–water partition coefficient (Wildman–Crippen LogP) is 7.42. The lowest BCUT2D eigenvalue weighted by Gasteiger charge is -2.17. The Morgan fingerprint density at radius 1 is 1.04 bits per heavy atom. The lowest BCUT2D eigenvalue weighted by Crippen LogP contribution is -2.02. The molecular formula is C21H19Cl3N2S. The summed E-state index contributed by atoms with van der Waals surface area (Å²) in [4.78, 5) is 4.11. The largest absolute Gasteiger partial charge is 0.337 e. The number of nitrogens with zero attached hydrogens (tertiary/aromatic N) is 2. The highest BCUT2D eigenvalue weighted by atomic mass is 35.5. The Labute approximate surface area is 179 Å². The highest BCUT2D eigenvalue weighted by molar-refractivity contribution is 7.99. The zero-order valence-electron chi connectivity index (χ0n) is 14.6. The molecule has 3 rings (SSSR count). The minimum atomic E-state index is 0.370. The van der Waals surface area contributed by atoms with Gasteiger partial charge in [-0.2, -0.15) is 0 Å². The lowest BCUT2D eigenvalue weighted by atomic mass is 10.1. The molecule has 0 fully saturated rings. The van der Waals surface area contributed by atoms with E-state index in [0.717, 1.165) is 29.3 Å². The summed E-state index contributed by atoms with van der Waals surface area (Å²) in [5.74, 6) is 0.885. The van der Waals surface area contributed by atoms with E-state index in [4.69, 9.17) is 34.8 Å². The van der Waals surface area contributed by atoms with Crippen LogP contribution in [0.3, 0.4) is 0 Å². The van der Waals surface area contributed by atoms with Crippen molar-refractivity contribution in [1.82, 2.24) is 9.55 Å². The maximum atomic E-state index is 6.22. The normalized spacial score (nSPS) is 12.6. The number of halogens is 3. The zero-order valence-corrected chi connectivity index (χ0v) is 17.6.